The number of anilines is 2. The lowest BCUT2D eigenvalue weighted by atomic mass is 9.82. The van der Waals surface area contributed by atoms with Crippen molar-refractivity contribution in [3.8, 4) is 5.75 Å². The number of rotatable bonds is 8. The summed E-state index contributed by atoms with van der Waals surface area (Å²) >= 11 is 0. The second-order valence-electron chi connectivity index (χ2n) is 15.7. The number of hydrogen-bond donors (Lipinski definition) is 6. The molecule has 1 spiro atoms. The first-order chi connectivity index (χ1) is 26.1. The minimum Gasteiger partial charge on any atom is -0.497 e. The second kappa shape index (κ2) is 14.7. The van der Waals surface area contributed by atoms with Crippen molar-refractivity contribution >= 4 is 42.4 Å². The third-order valence-corrected chi connectivity index (χ3v) is 16.7. The molecule has 15 heteroatoms. The number of hydrogen-bond acceptors (Lipinski definition) is 11. The largest absolute Gasteiger partial charge is 0.497 e. The van der Waals surface area contributed by atoms with E-state index in [-0.39, 0.29) is 36.1 Å². The normalized spacial score (nSPS) is 31.7. The van der Waals surface area contributed by atoms with E-state index in [4.69, 9.17) is 14.2 Å². The number of aliphatic hydroxyl groups is 5. The first kappa shape index (κ1) is 39.1. The van der Waals surface area contributed by atoms with E-state index >= 15 is 0 Å². The predicted octanol–water partition coefficient (Wildman–Crippen LogP) is 0.962. The summed E-state index contributed by atoms with van der Waals surface area (Å²) in [4.78, 5) is 45.7. The summed E-state index contributed by atoms with van der Waals surface area (Å²) in [5.41, 5.74) is 1.58. The van der Waals surface area contributed by atoms with E-state index in [9.17, 15) is 39.9 Å². The Morgan fingerprint density at radius 2 is 1.67 bits per heavy atom. The molecule has 0 bridgehead atoms. The van der Waals surface area contributed by atoms with Crippen molar-refractivity contribution in [2.24, 2.45) is 5.92 Å². The van der Waals surface area contributed by atoms with Crippen LogP contribution >= 0.6 is 0 Å². The lowest BCUT2D eigenvalue weighted by Crippen LogP contribution is -2.60. The first-order valence-electron chi connectivity index (χ1n) is 18.5. The van der Waals surface area contributed by atoms with Gasteiger partial charge in [0.1, 0.15) is 24.1 Å². The average molecular weight is 776 g/mol. The van der Waals surface area contributed by atoms with Gasteiger partial charge in [-0.05, 0) is 53.4 Å². The van der Waals surface area contributed by atoms with Gasteiger partial charge in [0, 0.05) is 30.8 Å². The van der Waals surface area contributed by atoms with Gasteiger partial charge < -0.3 is 54.9 Å². The van der Waals surface area contributed by atoms with E-state index in [0.717, 1.165) is 16.3 Å². The van der Waals surface area contributed by atoms with Gasteiger partial charge in [-0.3, -0.25) is 14.4 Å². The molecule has 4 aliphatic rings. The summed E-state index contributed by atoms with van der Waals surface area (Å²) < 4.78 is 17.6. The Balaban J connectivity index is 1.25. The number of aliphatic hydroxyl groups excluding tert-OH is 5. The van der Waals surface area contributed by atoms with Crippen molar-refractivity contribution in [2.75, 3.05) is 31.0 Å². The Hall–Kier alpha value is -4.19. The number of likely N-dealkylation sites (N-methyl/N-ethyl adjacent to an activating group) is 1. The highest BCUT2D eigenvalue weighted by atomic mass is 28.3. The maximum atomic E-state index is 14.6. The van der Waals surface area contributed by atoms with Gasteiger partial charge in [0.15, 0.2) is 18.0 Å². The van der Waals surface area contributed by atoms with Crippen LogP contribution < -0.4 is 20.1 Å². The monoisotopic (exact) mass is 775 g/mol. The molecule has 4 aliphatic heterocycles. The third-order valence-electron chi connectivity index (χ3n) is 12.3. The molecule has 55 heavy (non-hydrogen) atoms. The zero-order valence-corrected chi connectivity index (χ0v) is 32.5. The fraction of sp³-hybridized carbons (Fsp3) is 0.475. The van der Waals surface area contributed by atoms with Gasteiger partial charge in [-0.15, -0.1) is 0 Å². The molecule has 6 N–H and O–H groups in total. The quantitative estimate of drug-likeness (QED) is 0.178. The van der Waals surface area contributed by atoms with Gasteiger partial charge in [-0.2, -0.15) is 0 Å². The van der Waals surface area contributed by atoms with Crippen molar-refractivity contribution in [1.29, 1.82) is 0 Å². The van der Waals surface area contributed by atoms with Crippen molar-refractivity contribution < 1.29 is 54.1 Å². The van der Waals surface area contributed by atoms with Crippen LogP contribution in [0, 0.1) is 5.92 Å². The van der Waals surface area contributed by atoms with E-state index in [2.05, 4.69) is 18.4 Å². The molecular weight excluding hydrogens is 727 g/mol. The molecule has 2 fully saturated rings. The van der Waals surface area contributed by atoms with Crippen LogP contribution in [-0.2, 0) is 42.4 Å². The summed E-state index contributed by atoms with van der Waals surface area (Å²) in [6, 6.07) is 20.2. The average Bonchev–Trinajstić information content (AvgIpc) is 3.59. The molecule has 0 saturated carbocycles. The van der Waals surface area contributed by atoms with Gasteiger partial charge in [0.2, 0.25) is 5.91 Å². The Bertz CT molecular complexity index is 1960. The molecule has 7 rings (SSSR count). The number of benzene rings is 3. The lowest BCUT2D eigenvalue weighted by Gasteiger charge is -2.39. The van der Waals surface area contributed by atoms with Crippen molar-refractivity contribution in [1.82, 2.24) is 4.90 Å². The summed E-state index contributed by atoms with van der Waals surface area (Å²) in [5, 5.41) is 54.7. The Kier molecular flexibility index (Phi) is 10.4. The van der Waals surface area contributed by atoms with Crippen molar-refractivity contribution in [3.63, 3.8) is 0 Å². The van der Waals surface area contributed by atoms with Crippen LogP contribution in [0.25, 0.3) is 0 Å². The van der Waals surface area contributed by atoms with E-state index < -0.39 is 68.4 Å². The minimum atomic E-state index is -2.62. The summed E-state index contributed by atoms with van der Waals surface area (Å²) in [7, 11) is 0.641. The number of nitrogens with zero attached hydrogens (tertiary/aromatic N) is 2. The molecule has 3 amide bonds. The first-order valence-corrected chi connectivity index (χ1v) is 21.6. The number of ether oxygens (including phenoxy) is 3. The molecule has 10 atom stereocenters. The highest BCUT2D eigenvalue weighted by Crippen LogP contribution is 2.60. The van der Waals surface area contributed by atoms with Gasteiger partial charge in [0.25, 0.3) is 11.8 Å². The van der Waals surface area contributed by atoms with Crippen molar-refractivity contribution in [3.05, 3.63) is 83.4 Å². The molecule has 14 nitrogen and oxygen atoms in total. The second-order valence-corrected chi connectivity index (χ2v) is 20.4. The Morgan fingerprint density at radius 1 is 0.982 bits per heavy atom. The van der Waals surface area contributed by atoms with Gasteiger partial charge in [0.05, 0.1) is 46.0 Å². The fourth-order valence-corrected chi connectivity index (χ4v) is 13.3. The smallest absolute Gasteiger partial charge is 0.264 e. The molecule has 2 saturated heterocycles. The van der Waals surface area contributed by atoms with Crippen LogP contribution in [0.2, 0.25) is 18.6 Å². The minimum absolute atomic E-state index is 0.0296. The summed E-state index contributed by atoms with van der Waals surface area (Å²) in [5.74, 6) is -1.14. The number of methoxy groups -OCH3 is 1. The Labute approximate surface area is 320 Å². The van der Waals surface area contributed by atoms with Gasteiger partial charge in [-0.25, -0.2) is 0 Å². The summed E-state index contributed by atoms with van der Waals surface area (Å²) in [6.45, 7) is 6.54. The SMILES string of the molecule is COc1ccc([Si](C)(C)[C@@H]2[C@@H](CC(=O)N3Cc4ccccc4C[C@H]3CO)O[C@]3(C(=O)N(C)c4ccc(NC(=O)[C@H]5O[C@@H](O)[C@H](O)[C@@H](O)[C@@H]5O)cc43)[C@H]2C)cc1. The molecule has 0 aliphatic carbocycles. The Morgan fingerprint density at radius 3 is 2.35 bits per heavy atom. The van der Waals surface area contributed by atoms with Crippen LogP contribution in [0.1, 0.15) is 30.0 Å². The van der Waals surface area contributed by atoms with Crippen LogP contribution in [0.3, 0.4) is 0 Å². The number of fused-ring (bicyclic) bond motifs is 3. The molecule has 0 radical (unpaired) electrons. The van der Waals surface area contributed by atoms with Crippen LogP contribution in [-0.4, -0.2) is 120 Å². The molecule has 3 aromatic rings. The standard InChI is InChI=1S/C40H49N3O11Si/c1-21-36(55(4,5)27-13-11-26(52-3)12-14-27)30(18-31(45)43-19-23-9-7-6-8-22(23)16-25(43)20-44)54-40(21)28-17-24(10-15-29(28)42(2)39(40)51)41-37(49)35-33(47)32(46)34(48)38(50)53-35/h6-15,17,21,25,30,32-36,38,44,46-48,50H,16,18-20H2,1-5H3,(H,41,49)/t21-,25-,30+,32-,33-,34+,35-,36-,38+,40+/m0/s1. The highest BCUT2D eigenvalue weighted by molar-refractivity contribution is 6.91. The zero-order chi connectivity index (χ0) is 39.6. The number of carbonyl (C=O) groups is 3. The third kappa shape index (κ3) is 6.45. The predicted molar refractivity (Wildman–Crippen MR) is 203 cm³/mol. The number of nitrogens with one attached hydrogen (secondary N) is 1. The topological polar surface area (TPSA) is 199 Å². The van der Waals surface area contributed by atoms with E-state index in [1.165, 1.54) is 4.90 Å². The zero-order valence-electron chi connectivity index (χ0n) is 31.5. The fourth-order valence-electron chi connectivity index (χ4n) is 9.32. The molecule has 0 unspecified atom stereocenters. The molecular formula is C40H49N3O11Si. The van der Waals surface area contributed by atoms with Gasteiger partial charge >= 0.3 is 0 Å². The molecule has 0 aromatic heterocycles. The highest BCUT2D eigenvalue weighted by Gasteiger charge is 2.66. The maximum Gasteiger partial charge on any atom is 0.264 e. The van der Waals surface area contributed by atoms with E-state index in [1.807, 2.05) is 55.5 Å². The van der Waals surface area contributed by atoms with E-state index in [1.54, 1.807) is 37.3 Å². The van der Waals surface area contributed by atoms with E-state index in [0.29, 0.717) is 30.0 Å². The van der Waals surface area contributed by atoms with Crippen molar-refractivity contribution in [2.45, 2.75) is 93.4 Å². The van der Waals surface area contributed by atoms with Gasteiger partial charge in [-0.1, -0.05) is 61.6 Å². The molecule has 4 heterocycles. The summed E-state index contributed by atoms with van der Waals surface area (Å²) in [6.07, 6.45) is -9.28. The molecule has 294 valence electrons. The lowest BCUT2D eigenvalue weighted by molar-refractivity contribution is -0.274. The molecule has 3 aromatic carbocycles. The van der Waals surface area contributed by atoms with Crippen LogP contribution in [0.15, 0.2) is 66.7 Å². The van der Waals surface area contributed by atoms with Crippen LogP contribution in [0.4, 0.5) is 11.4 Å². The maximum absolute atomic E-state index is 14.6. The number of amides is 3. The van der Waals surface area contributed by atoms with Crippen LogP contribution in [0.5, 0.6) is 5.75 Å². The number of carbonyl (C=O) groups excluding carboxylic acids is 3.